The number of nitrogens with one attached hydrogen (secondary N) is 2. The van der Waals surface area contributed by atoms with Crippen molar-refractivity contribution in [3.05, 3.63) is 94.2 Å². The highest BCUT2D eigenvalue weighted by Gasteiger charge is 2.37. The number of nitrogens with zero attached hydrogens (tertiary/aromatic N) is 1. The van der Waals surface area contributed by atoms with Crippen LogP contribution in [-0.2, 0) is 14.4 Å². The summed E-state index contributed by atoms with van der Waals surface area (Å²) in [5.41, 5.74) is 0.330. The maximum absolute atomic E-state index is 13.7. The van der Waals surface area contributed by atoms with Gasteiger partial charge in [0.25, 0.3) is 17.7 Å². The first-order valence-corrected chi connectivity index (χ1v) is 11.1. The number of urea groups is 1. The fraction of sp³-hybridized carbons (Fsp3) is 0.0400. The molecule has 1 heterocycles. The molecule has 0 radical (unpaired) electrons. The summed E-state index contributed by atoms with van der Waals surface area (Å²) in [5, 5.41) is 4.56. The molecule has 0 saturated carbocycles. The second kappa shape index (κ2) is 10.3. The second-order valence-corrected chi connectivity index (χ2v) is 8.20. The monoisotopic (exact) mass is 537 g/mol. The number of barbiturate groups is 1. The number of ether oxygens (including phenoxy) is 1. The lowest BCUT2D eigenvalue weighted by Gasteiger charge is -2.26. The van der Waals surface area contributed by atoms with E-state index in [-0.39, 0.29) is 22.7 Å². The Bertz CT molecular complexity index is 1360. The van der Waals surface area contributed by atoms with Gasteiger partial charge >= 0.3 is 6.03 Å². The van der Waals surface area contributed by atoms with E-state index in [2.05, 4.69) is 26.6 Å². The van der Waals surface area contributed by atoms with Crippen LogP contribution in [0.3, 0.4) is 0 Å². The van der Waals surface area contributed by atoms with E-state index in [0.29, 0.717) is 5.56 Å². The van der Waals surface area contributed by atoms with Crippen molar-refractivity contribution < 1.29 is 28.3 Å². The molecule has 1 saturated heterocycles. The number of para-hydroxylation sites is 2. The molecule has 1 aliphatic rings. The van der Waals surface area contributed by atoms with E-state index >= 15 is 0 Å². The largest absolute Gasteiger partial charge is 0.483 e. The number of anilines is 2. The third-order valence-electron chi connectivity index (χ3n) is 4.91. The minimum atomic E-state index is -0.867. The zero-order chi connectivity index (χ0) is 24.9. The van der Waals surface area contributed by atoms with Gasteiger partial charge in [0, 0.05) is 10.0 Å². The fourth-order valence-electron chi connectivity index (χ4n) is 3.26. The van der Waals surface area contributed by atoms with Crippen molar-refractivity contribution >= 4 is 57.1 Å². The van der Waals surface area contributed by atoms with Crippen LogP contribution in [0.25, 0.3) is 6.08 Å². The maximum atomic E-state index is 13.7. The second-order valence-electron chi connectivity index (χ2n) is 7.29. The number of carbonyl (C=O) groups excluding carboxylic acids is 4. The molecule has 35 heavy (non-hydrogen) atoms. The SMILES string of the molecule is O=C(COc1ccccc1/C=C1\C(=O)NC(=O)N(c2ccc(Br)cc2)C1=O)Nc1ccccc1F. The van der Waals surface area contributed by atoms with Crippen molar-refractivity contribution in [2.75, 3.05) is 16.8 Å². The topological polar surface area (TPSA) is 105 Å². The van der Waals surface area contributed by atoms with Crippen LogP contribution in [0, 0.1) is 5.82 Å². The van der Waals surface area contributed by atoms with E-state index in [0.717, 1.165) is 9.37 Å². The van der Waals surface area contributed by atoms with Gasteiger partial charge < -0.3 is 10.1 Å². The Balaban J connectivity index is 1.55. The number of rotatable bonds is 6. The van der Waals surface area contributed by atoms with E-state index in [4.69, 9.17) is 4.74 Å². The zero-order valence-electron chi connectivity index (χ0n) is 18.0. The maximum Gasteiger partial charge on any atom is 0.335 e. The van der Waals surface area contributed by atoms with Crippen molar-refractivity contribution in [2.24, 2.45) is 0 Å². The first kappa shape index (κ1) is 23.8. The Kier molecular flexibility index (Phi) is 7.02. The van der Waals surface area contributed by atoms with Gasteiger partial charge in [0.05, 0.1) is 11.4 Å². The summed E-state index contributed by atoms with van der Waals surface area (Å²) in [6.45, 7) is -0.446. The number of benzene rings is 3. The van der Waals surface area contributed by atoms with Gasteiger partial charge in [0.2, 0.25) is 0 Å². The smallest absolute Gasteiger partial charge is 0.335 e. The van der Waals surface area contributed by atoms with E-state index in [9.17, 15) is 23.6 Å². The summed E-state index contributed by atoms with van der Waals surface area (Å²) in [6.07, 6.45) is 1.28. The molecule has 1 aliphatic heterocycles. The molecule has 0 aromatic heterocycles. The average molecular weight is 538 g/mol. The van der Waals surface area contributed by atoms with Gasteiger partial charge in [-0.05, 0) is 48.5 Å². The van der Waals surface area contributed by atoms with Crippen LogP contribution < -0.4 is 20.3 Å². The molecule has 5 amide bonds. The molecule has 3 aromatic rings. The molecule has 2 N–H and O–H groups in total. The minimum absolute atomic E-state index is 0.0127. The average Bonchev–Trinajstić information content (AvgIpc) is 2.83. The predicted octanol–water partition coefficient (Wildman–Crippen LogP) is 4.27. The van der Waals surface area contributed by atoms with Crippen LogP contribution in [-0.4, -0.2) is 30.4 Å². The van der Waals surface area contributed by atoms with Crippen LogP contribution in [0.5, 0.6) is 5.75 Å². The third-order valence-corrected chi connectivity index (χ3v) is 5.44. The Morgan fingerprint density at radius 2 is 1.69 bits per heavy atom. The highest BCUT2D eigenvalue weighted by molar-refractivity contribution is 9.10. The summed E-state index contributed by atoms with van der Waals surface area (Å²) in [7, 11) is 0. The predicted molar refractivity (Wildman–Crippen MR) is 130 cm³/mol. The Morgan fingerprint density at radius 1 is 1.00 bits per heavy atom. The van der Waals surface area contributed by atoms with Crippen molar-refractivity contribution in [3.63, 3.8) is 0 Å². The zero-order valence-corrected chi connectivity index (χ0v) is 19.5. The number of carbonyl (C=O) groups is 4. The lowest BCUT2D eigenvalue weighted by atomic mass is 10.1. The molecule has 0 bridgehead atoms. The first-order chi connectivity index (χ1) is 16.8. The first-order valence-electron chi connectivity index (χ1n) is 10.3. The van der Waals surface area contributed by atoms with Gasteiger partial charge in [-0.2, -0.15) is 0 Å². The lowest BCUT2D eigenvalue weighted by molar-refractivity contribution is -0.122. The van der Waals surface area contributed by atoms with Crippen molar-refractivity contribution in [1.82, 2.24) is 5.32 Å². The van der Waals surface area contributed by atoms with Crippen LogP contribution in [0.1, 0.15) is 5.56 Å². The molecule has 0 aliphatic carbocycles. The van der Waals surface area contributed by atoms with Gasteiger partial charge in [0.1, 0.15) is 17.1 Å². The van der Waals surface area contributed by atoms with E-state index < -0.39 is 36.2 Å². The van der Waals surface area contributed by atoms with E-state index in [1.54, 1.807) is 54.6 Å². The van der Waals surface area contributed by atoms with Crippen molar-refractivity contribution in [3.8, 4) is 5.75 Å². The molecule has 0 spiro atoms. The summed E-state index contributed by atoms with van der Waals surface area (Å²) in [5.74, 6) is -2.65. The molecule has 10 heteroatoms. The van der Waals surface area contributed by atoms with Gasteiger partial charge in [-0.25, -0.2) is 14.1 Å². The Hall–Kier alpha value is -4.31. The molecule has 8 nitrogen and oxygen atoms in total. The van der Waals surface area contributed by atoms with Crippen molar-refractivity contribution in [1.29, 1.82) is 0 Å². The normalized spacial score (nSPS) is 14.6. The Labute approximate surface area is 207 Å². The molecule has 4 rings (SSSR count). The molecule has 0 unspecified atom stereocenters. The molecule has 0 atom stereocenters. The number of hydrogen-bond donors (Lipinski definition) is 2. The van der Waals surface area contributed by atoms with Crippen LogP contribution in [0.2, 0.25) is 0 Å². The molecule has 1 fully saturated rings. The van der Waals surface area contributed by atoms with Gasteiger partial charge in [0.15, 0.2) is 6.61 Å². The lowest BCUT2D eigenvalue weighted by Crippen LogP contribution is -2.54. The van der Waals surface area contributed by atoms with E-state index in [1.807, 2.05) is 0 Å². The standard InChI is InChI=1S/C25H17BrFN3O5/c26-16-9-11-17(12-10-16)30-24(33)18(23(32)29-25(30)34)13-15-5-1-4-8-21(15)35-14-22(31)28-20-7-3-2-6-19(20)27/h1-13H,14H2,(H,28,31)(H,29,32,34)/b18-13+. The van der Waals surface area contributed by atoms with Gasteiger partial charge in [-0.15, -0.1) is 0 Å². The number of hydrogen-bond acceptors (Lipinski definition) is 5. The van der Waals surface area contributed by atoms with Crippen LogP contribution in [0.15, 0.2) is 82.8 Å². The minimum Gasteiger partial charge on any atom is -0.483 e. The third kappa shape index (κ3) is 5.44. The van der Waals surface area contributed by atoms with Crippen LogP contribution >= 0.6 is 15.9 Å². The molecular weight excluding hydrogens is 521 g/mol. The quantitative estimate of drug-likeness (QED) is 0.361. The number of imide groups is 2. The Morgan fingerprint density at radius 3 is 2.43 bits per heavy atom. The molecule has 3 aromatic carbocycles. The summed E-state index contributed by atoms with van der Waals surface area (Å²) >= 11 is 3.29. The van der Waals surface area contributed by atoms with E-state index in [1.165, 1.54) is 24.3 Å². The van der Waals surface area contributed by atoms with Crippen LogP contribution in [0.4, 0.5) is 20.6 Å². The summed E-state index contributed by atoms with van der Waals surface area (Å²) in [6, 6.07) is 17.7. The highest BCUT2D eigenvalue weighted by atomic mass is 79.9. The molecular formula is C25H17BrFN3O5. The number of amides is 5. The summed E-state index contributed by atoms with van der Waals surface area (Å²) < 4.78 is 20.1. The fourth-order valence-corrected chi connectivity index (χ4v) is 3.53. The highest BCUT2D eigenvalue weighted by Crippen LogP contribution is 2.26. The molecule has 176 valence electrons. The summed E-state index contributed by atoms with van der Waals surface area (Å²) in [4.78, 5) is 51.0. The van der Waals surface area contributed by atoms with Crippen molar-refractivity contribution in [2.45, 2.75) is 0 Å². The van der Waals surface area contributed by atoms with Gasteiger partial charge in [-0.3, -0.25) is 19.7 Å². The van der Waals surface area contributed by atoms with Gasteiger partial charge in [-0.1, -0.05) is 46.3 Å². The number of halogens is 2.